The van der Waals surface area contributed by atoms with Gasteiger partial charge in [0.25, 0.3) is 0 Å². The molecule has 2 aliphatic rings. The number of rotatable bonds is 5. The number of amides is 1. The molecular weight excluding hydrogens is 290 g/mol. The summed E-state index contributed by atoms with van der Waals surface area (Å²) in [5.41, 5.74) is 1.27. The summed E-state index contributed by atoms with van der Waals surface area (Å²) in [6, 6.07) is 0.0637. The van der Waals surface area contributed by atoms with Gasteiger partial charge in [-0.2, -0.15) is 5.10 Å². The molecule has 0 aliphatic carbocycles. The van der Waals surface area contributed by atoms with Crippen molar-refractivity contribution in [2.75, 3.05) is 32.7 Å². The zero-order valence-corrected chi connectivity index (χ0v) is 14.2. The molecule has 6 heteroatoms. The van der Waals surface area contributed by atoms with Crippen LogP contribution in [0.3, 0.4) is 0 Å². The Morgan fingerprint density at radius 1 is 1.30 bits per heavy atom. The standard InChI is InChI=1S/C17H29N5O/c1-2-7-22-14-15(12-19-22)13-20-8-4-9-21(11-10-20)17(23)16-5-3-6-18-16/h12,14,16,18H,2-11,13H2,1H3. The first-order chi connectivity index (χ1) is 11.3. The van der Waals surface area contributed by atoms with E-state index in [1.54, 1.807) is 0 Å². The highest BCUT2D eigenvalue weighted by Crippen LogP contribution is 2.13. The Kier molecular flexibility index (Phi) is 5.67. The third-order valence-corrected chi connectivity index (χ3v) is 4.80. The van der Waals surface area contributed by atoms with E-state index in [2.05, 4.69) is 33.3 Å². The van der Waals surface area contributed by atoms with Crippen molar-refractivity contribution in [3.05, 3.63) is 18.0 Å². The van der Waals surface area contributed by atoms with Gasteiger partial charge in [-0.15, -0.1) is 0 Å². The van der Waals surface area contributed by atoms with Gasteiger partial charge < -0.3 is 10.2 Å². The third kappa shape index (κ3) is 4.32. The van der Waals surface area contributed by atoms with Crippen LogP contribution in [0.5, 0.6) is 0 Å². The Hall–Kier alpha value is -1.40. The minimum atomic E-state index is 0.0637. The Balaban J connectivity index is 1.50. The number of carbonyl (C=O) groups is 1. The molecule has 128 valence electrons. The Labute approximate surface area is 138 Å². The predicted octanol–water partition coefficient (Wildman–Crippen LogP) is 1.08. The Morgan fingerprint density at radius 3 is 3.00 bits per heavy atom. The summed E-state index contributed by atoms with van der Waals surface area (Å²) >= 11 is 0. The molecule has 1 N–H and O–H groups in total. The van der Waals surface area contributed by atoms with Gasteiger partial charge in [0, 0.05) is 51.0 Å². The number of aryl methyl sites for hydroxylation is 1. The first-order valence-electron chi connectivity index (χ1n) is 9.02. The molecule has 0 spiro atoms. The highest BCUT2D eigenvalue weighted by molar-refractivity contribution is 5.82. The fraction of sp³-hybridized carbons (Fsp3) is 0.765. The number of hydrogen-bond acceptors (Lipinski definition) is 4. The summed E-state index contributed by atoms with van der Waals surface area (Å²) in [5, 5.41) is 7.73. The predicted molar refractivity (Wildman–Crippen MR) is 90.0 cm³/mol. The van der Waals surface area contributed by atoms with Crippen LogP contribution in [0.2, 0.25) is 0 Å². The first-order valence-corrected chi connectivity index (χ1v) is 9.02. The van der Waals surface area contributed by atoms with Crippen molar-refractivity contribution in [1.29, 1.82) is 0 Å². The van der Waals surface area contributed by atoms with Crippen molar-refractivity contribution in [3.8, 4) is 0 Å². The molecule has 1 amide bonds. The summed E-state index contributed by atoms with van der Waals surface area (Å²) in [6.45, 7) is 8.82. The van der Waals surface area contributed by atoms with Gasteiger partial charge in [-0.05, 0) is 32.2 Å². The zero-order chi connectivity index (χ0) is 16.1. The maximum absolute atomic E-state index is 12.5. The van der Waals surface area contributed by atoms with Gasteiger partial charge in [0.15, 0.2) is 0 Å². The molecule has 0 bridgehead atoms. The highest BCUT2D eigenvalue weighted by Gasteiger charge is 2.28. The van der Waals surface area contributed by atoms with E-state index in [1.165, 1.54) is 5.56 Å². The molecule has 1 aromatic heterocycles. The van der Waals surface area contributed by atoms with Crippen molar-refractivity contribution in [2.24, 2.45) is 0 Å². The topological polar surface area (TPSA) is 53.4 Å². The van der Waals surface area contributed by atoms with Gasteiger partial charge in [-0.3, -0.25) is 14.4 Å². The van der Waals surface area contributed by atoms with Crippen LogP contribution in [0.1, 0.15) is 38.2 Å². The molecule has 0 aromatic carbocycles. The van der Waals surface area contributed by atoms with E-state index in [0.717, 1.165) is 71.5 Å². The van der Waals surface area contributed by atoms with E-state index in [-0.39, 0.29) is 6.04 Å². The summed E-state index contributed by atoms with van der Waals surface area (Å²) in [4.78, 5) is 17.0. The molecule has 1 unspecified atom stereocenters. The second kappa shape index (κ2) is 7.93. The zero-order valence-electron chi connectivity index (χ0n) is 14.2. The van der Waals surface area contributed by atoms with Crippen molar-refractivity contribution >= 4 is 5.91 Å². The molecule has 1 aromatic rings. The molecule has 1 atom stereocenters. The minimum Gasteiger partial charge on any atom is -0.340 e. The molecule has 2 aliphatic heterocycles. The van der Waals surface area contributed by atoms with Gasteiger partial charge in [0.1, 0.15) is 0 Å². The van der Waals surface area contributed by atoms with E-state index in [1.807, 2.05) is 10.9 Å². The summed E-state index contributed by atoms with van der Waals surface area (Å²) in [7, 11) is 0. The number of nitrogens with one attached hydrogen (secondary N) is 1. The average molecular weight is 319 g/mol. The van der Waals surface area contributed by atoms with Crippen LogP contribution in [-0.4, -0.2) is 64.3 Å². The average Bonchev–Trinajstić information content (AvgIpc) is 3.17. The third-order valence-electron chi connectivity index (χ3n) is 4.80. The van der Waals surface area contributed by atoms with E-state index >= 15 is 0 Å². The van der Waals surface area contributed by atoms with E-state index in [0.29, 0.717) is 5.91 Å². The molecule has 23 heavy (non-hydrogen) atoms. The first kappa shape index (κ1) is 16.5. The quantitative estimate of drug-likeness (QED) is 0.882. The lowest BCUT2D eigenvalue weighted by Crippen LogP contribution is -2.45. The maximum atomic E-state index is 12.5. The lowest BCUT2D eigenvalue weighted by molar-refractivity contribution is -0.132. The van der Waals surface area contributed by atoms with Crippen molar-refractivity contribution in [3.63, 3.8) is 0 Å². The normalized spacial score (nSPS) is 23.2. The molecule has 2 fully saturated rings. The van der Waals surface area contributed by atoms with Crippen LogP contribution < -0.4 is 5.32 Å². The molecule has 0 radical (unpaired) electrons. The van der Waals surface area contributed by atoms with Crippen LogP contribution in [0, 0.1) is 0 Å². The summed E-state index contributed by atoms with van der Waals surface area (Å²) < 4.78 is 2.02. The maximum Gasteiger partial charge on any atom is 0.239 e. The van der Waals surface area contributed by atoms with Crippen LogP contribution in [0.4, 0.5) is 0 Å². The lowest BCUT2D eigenvalue weighted by atomic mass is 10.2. The number of nitrogens with zero attached hydrogens (tertiary/aromatic N) is 4. The fourth-order valence-electron chi connectivity index (χ4n) is 3.56. The van der Waals surface area contributed by atoms with Gasteiger partial charge in [0.05, 0.1) is 12.2 Å². The van der Waals surface area contributed by atoms with E-state index in [9.17, 15) is 4.79 Å². The lowest BCUT2D eigenvalue weighted by Gasteiger charge is -2.24. The minimum absolute atomic E-state index is 0.0637. The van der Waals surface area contributed by atoms with E-state index < -0.39 is 0 Å². The fourth-order valence-corrected chi connectivity index (χ4v) is 3.56. The van der Waals surface area contributed by atoms with Gasteiger partial charge in [-0.25, -0.2) is 0 Å². The number of carbonyl (C=O) groups excluding carboxylic acids is 1. The van der Waals surface area contributed by atoms with Crippen LogP contribution in [0.15, 0.2) is 12.4 Å². The van der Waals surface area contributed by atoms with Crippen molar-refractivity contribution in [2.45, 2.75) is 51.7 Å². The van der Waals surface area contributed by atoms with Crippen molar-refractivity contribution in [1.82, 2.24) is 24.9 Å². The van der Waals surface area contributed by atoms with Crippen molar-refractivity contribution < 1.29 is 4.79 Å². The van der Waals surface area contributed by atoms with Crippen LogP contribution >= 0.6 is 0 Å². The summed E-state index contributed by atoms with van der Waals surface area (Å²) in [6.07, 6.45) is 8.41. The van der Waals surface area contributed by atoms with Crippen LogP contribution in [0.25, 0.3) is 0 Å². The van der Waals surface area contributed by atoms with Gasteiger partial charge >= 0.3 is 0 Å². The highest BCUT2D eigenvalue weighted by atomic mass is 16.2. The van der Waals surface area contributed by atoms with Gasteiger partial charge in [0.2, 0.25) is 5.91 Å². The molecule has 2 saturated heterocycles. The largest absolute Gasteiger partial charge is 0.340 e. The monoisotopic (exact) mass is 319 g/mol. The number of aromatic nitrogens is 2. The Bertz CT molecular complexity index is 509. The number of hydrogen-bond donors (Lipinski definition) is 1. The molecule has 6 nitrogen and oxygen atoms in total. The van der Waals surface area contributed by atoms with Crippen LogP contribution in [-0.2, 0) is 17.9 Å². The smallest absolute Gasteiger partial charge is 0.239 e. The molecule has 3 heterocycles. The van der Waals surface area contributed by atoms with Gasteiger partial charge in [-0.1, -0.05) is 6.92 Å². The second-order valence-electron chi connectivity index (χ2n) is 6.72. The summed E-state index contributed by atoms with van der Waals surface area (Å²) in [5.74, 6) is 0.306. The SMILES string of the molecule is CCCn1cc(CN2CCCN(C(=O)C3CCCN3)CC2)cn1. The Morgan fingerprint density at radius 2 is 2.22 bits per heavy atom. The second-order valence-corrected chi connectivity index (χ2v) is 6.72. The van der Waals surface area contributed by atoms with E-state index in [4.69, 9.17) is 0 Å². The molecule has 3 rings (SSSR count). The molecule has 0 saturated carbocycles. The molecular formula is C17H29N5O.